The van der Waals surface area contributed by atoms with Crippen LogP contribution in [0, 0.1) is 0 Å². The molecule has 2 heterocycles. The Balaban J connectivity index is 1.76. The van der Waals surface area contributed by atoms with Crippen molar-refractivity contribution in [3.63, 3.8) is 0 Å². The standard InChI is InChI=1S/C20H28N4O2/c1-14(21-20(25)24(3)15-9-11-23(2)12-10-15)17-13-19(26-4)22-18-8-6-5-7-16(17)18/h5-8,13-15H,9-12H2,1-4H3,(H,21,25). The molecule has 1 aromatic carbocycles. The van der Waals surface area contributed by atoms with Crippen LogP contribution in [0.1, 0.15) is 31.4 Å². The van der Waals surface area contributed by atoms with Gasteiger partial charge < -0.3 is 19.9 Å². The van der Waals surface area contributed by atoms with Gasteiger partial charge in [-0.05, 0) is 51.5 Å². The number of urea groups is 1. The van der Waals surface area contributed by atoms with Gasteiger partial charge in [0.25, 0.3) is 0 Å². The summed E-state index contributed by atoms with van der Waals surface area (Å²) in [6.07, 6.45) is 2.03. The number of pyridine rings is 1. The van der Waals surface area contributed by atoms with E-state index in [4.69, 9.17) is 4.74 Å². The Morgan fingerprint density at radius 3 is 2.73 bits per heavy atom. The van der Waals surface area contributed by atoms with E-state index in [1.807, 2.05) is 49.2 Å². The first-order valence-electron chi connectivity index (χ1n) is 9.15. The summed E-state index contributed by atoms with van der Waals surface area (Å²) < 4.78 is 5.33. The smallest absolute Gasteiger partial charge is 0.317 e. The summed E-state index contributed by atoms with van der Waals surface area (Å²) in [5, 5.41) is 4.17. The van der Waals surface area contributed by atoms with E-state index in [1.54, 1.807) is 7.11 Å². The minimum absolute atomic E-state index is 0.0353. The third kappa shape index (κ3) is 3.90. The van der Waals surface area contributed by atoms with Crippen molar-refractivity contribution in [2.24, 2.45) is 0 Å². The van der Waals surface area contributed by atoms with Crippen LogP contribution in [0.15, 0.2) is 30.3 Å². The summed E-state index contributed by atoms with van der Waals surface area (Å²) >= 11 is 0. The van der Waals surface area contributed by atoms with Gasteiger partial charge in [0, 0.05) is 24.5 Å². The molecule has 1 unspecified atom stereocenters. The number of carbonyl (C=O) groups is 1. The summed E-state index contributed by atoms with van der Waals surface area (Å²) in [5.41, 5.74) is 1.88. The number of para-hydroxylation sites is 1. The lowest BCUT2D eigenvalue weighted by Crippen LogP contribution is -2.48. The van der Waals surface area contributed by atoms with E-state index >= 15 is 0 Å². The number of likely N-dealkylation sites (tertiary alicyclic amines) is 1. The maximum atomic E-state index is 12.8. The zero-order valence-corrected chi connectivity index (χ0v) is 16.0. The number of hydrogen-bond donors (Lipinski definition) is 1. The van der Waals surface area contributed by atoms with Gasteiger partial charge in [0.2, 0.25) is 5.88 Å². The topological polar surface area (TPSA) is 57.7 Å². The van der Waals surface area contributed by atoms with Crippen molar-refractivity contribution >= 4 is 16.9 Å². The zero-order valence-electron chi connectivity index (χ0n) is 16.0. The van der Waals surface area contributed by atoms with E-state index in [2.05, 4.69) is 22.2 Å². The largest absolute Gasteiger partial charge is 0.481 e. The van der Waals surface area contributed by atoms with Crippen LogP contribution in [0.25, 0.3) is 10.9 Å². The van der Waals surface area contributed by atoms with Gasteiger partial charge in [-0.1, -0.05) is 18.2 Å². The fraction of sp³-hybridized carbons (Fsp3) is 0.500. The van der Waals surface area contributed by atoms with Gasteiger partial charge in [-0.2, -0.15) is 0 Å². The molecule has 1 N–H and O–H groups in total. The van der Waals surface area contributed by atoms with Crippen molar-refractivity contribution in [3.8, 4) is 5.88 Å². The molecule has 0 radical (unpaired) electrons. The van der Waals surface area contributed by atoms with E-state index in [0.29, 0.717) is 11.9 Å². The second-order valence-electron chi connectivity index (χ2n) is 7.09. The van der Waals surface area contributed by atoms with Gasteiger partial charge in [0.05, 0.1) is 18.7 Å². The number of benzene rings is 1. The second kappa shape index (κ2) is 7.91. The maximum absolute atomic E-state index is 12.8. The molecule has 0 spiro atoms. The summed E-state index contributed by atoms with van der Waals surface area (Å²) in [4.78, 5) is 21.4. The van der Waals surface area contributed by atoms with Crippen LogP contribution in [0.5, 0.6) is 5.88 Å². The average molecular weight is 356 g/mol. The lowest BCUT2D eigenvalue weighted by molar-refractivity contribution is 0.146. The molecule has 1 fully saturated rings. The van der Waals surface area contributed by atoms with Crippen molar-refractivity contribution < 1.29 is 9.53 Å². The fourth-order valence-electron chi connectivity index (χ4n) is 3.55. The minimum atomic E-state index is -0.141. The first-order valence-corrected chi connectivity index (χ1v) is 9.15. The molecule has 2 aromatic rings. The number of rotatable bonds is 4. The first kappa shape index (κ1) is 18.5. The molecule has 0 saturated carbocycles. The number of aromatic nitrogens is 1. The highest BCUT2D eigenvalue weighted by atomic mass is 16.5. The Morgan fingerprint density at radius 2 is 2.04 bits per heavy atom. The van der Waals surface area contributed by atoms with Gasteiger partial charge >= 0.3 is 6.03 Å². The van der Waals surface area contributed by atoms with Crippen LogP contribution in [0.2, 0.25) is 0 Å². The maximum Gasteiger partial charge on any atom is 0.317 e. The van der Waals surface area contributed by atoms with Gasteiger partial charge in [0.15, 0.2) is 0 Å². The van der Waals surface area contributed by atoms with Gasteiger partial charge in [0.1, 0.15) is 0 Å². The number of methoxy groups -OCH3 is 1. The number of fused-ring (bicyclic) bond motifs is 1. The Hall–Kier alpha value is -2.34. The predicted molar refractivity (Wildman–Crippen MR) is 104 cm³/mol. The average Bonchev–Trinajstić information content (AvgIpc) is 2.66. The van der Waals surface area contributed by atoms with Crippen molar-refractivity contribution in [2.75, 3.05) is 34.3 Å². The number of nitrogens with zero attached hydrogens (tertiary/aromatic N) is 3. The molecule has 1 aliphatic rings. The quantitative estimate of drug-likeness (QED) is 0.915. The number of hydrogen-bond acceptors (Lipinski definition) is 4. The Kier molecular flexibility index (Phi) is 5.61. The van der Waals surface area contributed by atoms with E-state index in [9.17, 15) is 4.79 Å². The van der Waals surface area contributed by atoms with Crippen molar-refractivity contribution in [3.05, 3.63) is 35.9 Å². The third-order valence-corrected chi connectivity index (χ3v) is 5.30. The molecule has 6 heteroatoms. The Morgan fingerprint density at radius 1 is 1.35 bits per heavy atom. The molecule has 140 valence electrons. The third-order valence-electron chi connectivity index (χ3n) is 5.30. The van der Waals surface area contributed by atoms with Gasteiger partial charge in [-0.25, -0.2) is 9.78 Å². The van der Waals surface area contributed by atoms with Crippen LogP contribution in [0.4, 0.5) is 4.79 Å². The second-order valence-corrected chi connectivity index (χ2v) is 7.09. The normalized spacial score (nSPS) is 17.1. The Bertz CT molecular complexity index is 771. The molecular weight excluding hydrogens is 328 g/mol. The molecule has 1 atom stereocenters. The molecule has 26 heavy (non-hydrogen) atoms. The number of piperidine rings is 1. The molecule has 3 rings (SSSR count). The first-order chi connectivity index (χ1) is 12.5. The predicted octanol–water partition coefficient (Wildman–Crippen LogP) is 3.04. The van der Waals surface area contributed by atoms with E-state index in [1.165, 1.54) is 0 Å². The monoisotopic (exact) mass is 356 g/mol. The zero-order chi connectivity index (χ0) is 18.7. The van der Waals surface area contributed by atoms with Crippen molar-refractivity contribution in [2.45, 2.75) is 31.8 Å². The lowest BCUT2D eigenvalue weighted by Gasteiger charge is -2.35. The Labute approximate surface area is 155 Å². The molecule has 1 aliphatic heterocycles. The van der Waals surface area contributed by atoms with Crippen LogP contribution in [-0.4, -0.2) is 61.2 Å². The van der Waals surface area contributed by atoms with Crippen LogP contribution < -0.4 is 10.1 Å². The fourth-order valence-corrected chi connectivity index (χ4v) is 3.55. The number of carbonyl (C=O) groups excluding carboxylic acids is 1. The van der Waals surface area contributed by atoms with Crippen molar-refractivity contribution in [1.82, 2.24) is 20.1 Å². The summed E-state index contributed by atoms with van der Waals surface area (Å²) in [6, 6.07) is 9.95. The van der Waals surface area contributed by atoms with Crippen LogP contribution in [-0.2, 0) is 0 Å². The number of nitrogens with one attached hydrogen (secondary N) is 1. The van der Waals surface area contributed by atoms with Crippen LogP contribution >= 0.6 is 0 Å². The molecule has 0 aliphatic carbocycles. The van der Waals surface area contributed by atoms with Gasteiger partial charge in [-0.15, -0.1) is 0 Å². The highest BCUT2D eigenvalue weighted by Crippen LogP contribution is 2.27. The molecule has 6 nitrogen and oxygen atoms in total. The minimum Gasteiger partial charge on any atom is -0.481 e. The molecular formula is C20H28N4O2. The highest BCUT2D eigenvalue weighted by molar-refractivity contribution is 5.84. The van der Waals surface area contributed by atoms with E-state index in [0.717, 1.165) is 42.4 Å². The van der Waals surface area contributed by atoms with Crippen molar-refractivity contribution in [1.29, 1.82) is 0 Å². The SMILES string of the molecule is COc1cc(C(C)NC(=O)N(C)C2CCN(C)CC2)c2ccccc2n1. The molecule has 1 aromatic heterocycles. The molecule has 1 saturated heterocycles. The number of ether oxygens (including phenoxy) is 1. The van der Waals surface area contributed by atoms with E-state index in [-0.39, 0.29) is 12.1 Å². The number of amides is 2. The molecule has 2 amide bonds. The van der Waals surface area contributed by atoms with Crippen LogP contribution in [0.3, 0.4) is 0 Å². The lowest BCUT2D eigenvalue weighted by atomic mass is 10.0. The van der Waals surface area contributed by atoms with E-state index < -0.39 is 0 Å². The van der Waals surface area contributed by atoms with Gasteiger partial charge in [-0.3, -0.25) is 0 Å². The summed E-state index contributed by atoms with van der Waals surface area (Å²) in [7, 11) is 5.63. The molecule has 0 bridgehead atoms. The summed E-state index contributed by atoms with van der Waals surface area (Å²) in [6.45, 7) is 4.07. The summed E-state index contributed by atoms with van der Waals surface area (Å²) in [5.74, 6) is 0.559. The highest BCUT2D eigenvalue weighted by Gasteiger charge is 2.25.